The van der Waals surface area contributed by atoms with Crippen molar-refractivity contribution >= 4 is 28.7 Å². The molecule has 2 aromatic rings. The summed E-state index contributed by atoms with van der Waals surface area (Å²) in [5.41, 5.74) is 1.58. The van der Waals surface area contributed by atoms with E-state index >= 15 is 0 Å². The highest BCUT2D eigenvalue weighted by Gasteiger charge is 2.28. The van der Waals surface area contributed by atoms with Gasteiger partial charge in [0.15, 0.2) is 0 Å². The van der Waals surface area contributed by atoms with Crippen LogP contribution in [-0.2, 0) is 20.9 Å². The third kappa shape index (κ3) is 2.52. The summed E-state index contributed by atoms with van der Waals surface area (Å²) in [5, 5.41) is 12.2. The number of carboxylic acids is 1. The van der Waals surface area contributed by atoms with Crippen molar-refractivity contribution in [2.24, 2.45) is 0 Å². The molecule has 1 aromatic heterocycles. The molecule has 0 saturated carbocycles. The summed E-state index contributed by atoms with van der Waals surface area (Å²) in [4.78, 5) is 34.0. The zero-order valence-corrected chi connectivity index (χ0v) is 11.2. The monoisotopic (exact) mass is 286 g/mol. The van der Waals surface area contributed by atoms with E-state index in [9.17, 15) is 14.4 Å². The number of carboxylic acid groups (broad SMARTS) is 1. The van der Waals surface area contributed by atoms with Crippen LogP contribution in [0.1, 0.15) is 24.3 Å². The Bertz CT molecular complexity index is 747. The van der Waals surface area contributed by atoms with Crippen LogP contribution in [0.25, 0.3) is 10.9 Å². The number of carbonyl (C=O) groups is 3. The molecule has 1 atom stereocenters. The highest BCUT2D eigenvalue weighted by molar-refractivity contribution is 6.01. The first-order valence-electron chi connectivity index (χ1n) is 6.69. The standard InChI is InChI=1S/C15H14N2O4/c18-13-4-3-11(15(21)16-13)10-2-1-9-5-6-17(8-14(19)20)12(9)7-10/h1-2,5-7,11H,3-4,8H2,(H,19,20)(H,16,18,21). The molecule has 2 amide bonds. The Labute approximate surface area is 120 Å². The average molecular weight is 286 g/mol. The molecule has 1 fully saturated rings. The molecular weight excluding hydrogens is 272 g/mol. The van der Waals surface area contributed by atoms with Crippen LogP contribution in [0.3, 0.4) is 0 Å². The van der Waals surface area contributed by atoms with Gasteiger partial charge in [0.1, 0.15) is 6.54 Å². The second-order valence-electron chi connectivity index (χ2n) is 5.16. The van der Waals surface area contributed by atoms with Crippen molar-refractivity contribution in [1.82, 2.24) is 9.88 Å². The Hall–Kier alpha value is -2.63. The zero-order valence-electron chi connectivity index (χ0n) is 11.2. The van der Waals surface area contributed by atoms with Crippen LogP contribution in [0.4, 0.5) is 0 Å². The molecule has 0 bridgehead atoms. The number of nitrogens with zero attached hydrogens (tertiary/aromatic N) is 1. The van der Waals surface area contributed by atoms with Crippen LogP contribution >= 0.6 is 0 Å². The number of rotatable bonds is 3. The topological polar surface area (TPSA) is 88.4 Å². The van der Waals surface area contributed by atoms with E-state index in [1.54, 1.807) is 10.8 Å². The van der Waals surface area contributed by atoms with Crippen LogP contribution in [0.2, 0.25) is 0 Å². The lowest BCUT2D eigenvalue weighted by molar-refractivity contribution is -0.138. The lowest BCUT2D eigenvalue weighted by Crippen LogP contribution is -2.39. The number of hydrogen-bond donors (Lipinski definition) is 2. The van der Waals surface area contributed by atoms with E-state index in [-0.39, 0.29) is 24.3 Å². The maximum absolute atomic E-state index is 11.9. The van der Waals surface area contributed by atoms with E-state index in [1.165, 1.54) is 0 Å². The van der Waals surface area contributed by atoms with Gasteiger partial charge in [0, 0.05) is 18.1 Å². The molecule has 1 aromatic carbocycles. The van der Waals surface area contributed by atoms with Gasteiger partial charge in [0.25, 0.3) is 0 Å². The van der Waals surface area contributed by atoms with Crippen LogP contribution in [0, 0.1) is 0 Å². The predicted molar refractivity (Wildman–Crippen MR) is 74.7 cm³/mol. The first kappa shape index (κ1) is 13.4. The predicted octanol–water partition coefficient (Wildman–Crippen LogP) is 1.25. The Morgan fingerprint density at radius 1 is 1.33 bits per heavy atom. The van der Waals surface area contributed by atoms with Crippen molar-refractivity contribution in [3.05, 3.63) is 36.0 Å². The smallest absolute Gasteiger partial charge is 0.323 e. The molecule has 0 spiro atoms. The summed E-state index contributed by atoms with van der Waals surface area (Å²) < 4.78 is 1.63. The number of nitrogens with one attached hydrogen (secondary N) is 1. The van der Waals surface area contributed by atoms with Crippen LogP contribution in [0.5, 0.6) is 0 Å². The molecule has 1 aliphatic rings. The molecule has 6 nitrogen and oxygen atoms in total. The van der Waals surface area contributed by atoms with Gasteiger partial charge in [-0.2, -0.15) is 0 Å². The Morgan fingerprint density at radius 3 is 2.86 bits per heavy atom. The van der Waals surface area contributed by atoms with E-state index < -0.39 is 5.97 Å². The minimum absolute atomic E-state index is 0.123. The second-order valence-corrected chi connectivity index (χ2v) is 5.16. The largest absolute Gasteiger partial charge is 0.480 e. The molecule has 1 aliphatic heterocycles. The van der Waals surface area contributed by atoms with Gasteiger partial charge >= 0.3 is 5.97 Å². The third-order valence-corrected chi connectivity index (χ3v) is 3.75. The fourth-order valence-corrected chi connectivity index (χ4v) is 2.71. The average Bonchev–Trinajstić information content (AvgIpc) is 2.80. The van der Waals surface area contributed by atoms with Crippen LogP contribution in [0.15, 0.2) is 30.5 Å². The van der Waals surface area contributed by atoms with E-state index in [1.807, 2.05) is 24.3 Å². The lowest BCUT2D eigenvalue weighted by atomic mass is 9.90. The third-order valence-electron chi connectivity index (χ3n) is 3.75. The maximum atomic E-state index is 11.9. The molecule has 2 N–H and O–H groups in total. The van der Waals surface area contributed by atoms with Crippen molar-refractivity contribution in [3.63, 3.8) is 0 Å². The number of aliphatic carboxylic acids is 1. The molecule has 21 heavy (non-hydrogen) atoms. The summed E-state index contributed by atoms with van der Waals surface area (Å²) in [6.07, 6.45) is 2.52. The molecule has 6 heteroatoms. The maximum Gasteiger partial charge on any atom is 0.323 e. The number of aromatic nitrogens is 1. The van der Waals surface area contributed by atoms with Crippen molar-refractivity contribution < 1.29 is 19.5 Å². The molecule has 0 radical (unpaired) electrons. The van der Waals surface area contributed by atoms with Crippen molar-refractivity contribution in [2.45, 2.75) is 25.3 Å². The fraction of sp³-hybridized carbons (Fsp3) is 0.267. The summed E-state index contributed by atoms with van der Waals surface area (Å²) in [5.74, 6) is -1.81. The number of piperidine rings is 1. The van der Waals surface area contributed by atoms with Gasteiger partial charge in [-0.1, -0.05) is 12.1 Å². The number of imide groups is 1. The Kier molecular flexibility index (Phi) is 3.21. The van der Waals surface area contributed by atoms with Crippen molar-refractivity contribution in [2.75, 3.05) is 0 Å². The van der Waals surface area contributed by atoms with Gasteiger partial charge < -0.3 is 9.67 Å². The number of fused-ring (bicyclic) bond motifs is 1. The van der Waals surface area contributed by atoms with Gasteiger partial charge in [-0.25, -0.2) is 0 Å². The van der Waals surface area contributed by atoms with Crippen LogP contribution < -0.4 is 5.32 Å². The Morgan fingerprint density at radius 2 is 2.14 bits per heavy atom. The molecule has 3 rings (SSSR count). The highest BCUT2D eigenvalue weighted by Crippen LogP contribution is 2.28. The van der Waals surface area contributed by atoms with Gasteiger partial charge in [-0.15, -0.1) is 0 Å². The minimum atomic E-state index is -0.918. The molecule has 1 unspecified atom stereocenters. The van der Waals surface area contributed by atoms with E-state index in [0.29, 0.717) is 12.8 Å². The molecule has 108 valence electrons. The van der Waals surface area contributed by atoms with Gasteiger partial charge in [0.05, 0.1) is 5.92 Å². The fourth-order valence-electron chi connectivity index (χ4n) is 2.71. The van der Waals surface area contributed by atoms with Crippen molar-refractivity contribution in [3.8, 4) is 0 Å². The summed E-state index contributed by atoms with van der Waals surface area (Å²) >= 11 is 0. The number of hydrogen-bond acceptors (Lipinski definition) is 3. The highest BCUT2D eigenvalue weighted by atomic mass is 16.4. The molecule has 0 aliphatic carbocycles. The molecule has 1 saturated heterocycles. The number of benzene rings is 1. The van der Waals surface area contributed by atoms with Gasteiger partial charge in [-0.3, -0.25) is 19.7 Å². The molecule has 2 heterocycles. The summed E-state index contributed by atoms with van der Waals surface area (Å²) in [6, 6.07) is 7.39. The summed E-state index contributed by atoms with van der Waals surface area (Å²) in [7, 11) is 0. The first-order chi connectivity index (χ1) is 10.0. The SMILES string of the molecule is O=C(O)Cn1ccc2ccc(C3CCC(=O)NC3=O)cc21. The number of amides is 2. The molecular formula is C15H14N2O4. The lowest BCUT2D eigenvalue weighted by Gasteiger charge is -2.21. The van der Waals surface area contributed by atoms with E-state index in [2.05, 4.69) is 5.32 Å². The van der Waals surface area contributed by atoms with E-state index in [0.717, 1.165) is 16.5 Å². The van der Waals surface area contributed by atoms with Gasteiger partial charge in [-0.05, 0) is 29.5 Å². The van der Waals surface area contributed by atoms with E-state index in [4.69, 9.17) is 5.11 Å². The second kappa shape index (κ2) is 5.05. The van der Waals surface area contributed by atoms with Gasteiger partial charge in [0.2, 0.25) is 11.8 Å². The first-order valence-corrected chi connectivity index (χ1v) is 6.69. The quantitative estimate of drug-likeness (QED) is 0.831. The van der Waals surface area contributed by atoms with Crippen molar-refractivity contribution in [1.29, 1.82) is 0 Å². The summed E-state index contributed by atoms with van der Waals surface area (Å²) in [6.45, 7) is -0.123. The van der Waals surface area contributed by atoms with Crippen LogP contribution in [-0.4, -0.2) is 27.5 Å². The normalized spacial score (nSPS) is 18.8. The Balaban J connectivity index is 1.98. The zero-order chi connectivity index (χ0) is 15.0. The number of carbonyl (C=O) groups excluding carboxylic acids is 2. The minimum Gasteiger partial charge on any atom is -0.480 e.